The monoisotopic (exact) mass is 539 g/mol. The van der Waals surface area contributed by atoms with E-state index >= 15 is 0 Å². The van der Waals surface area contributed by atoms with Crippen molar-refractivity contribution in [1.82, 2.24) is 5.43 Å². The Morgan fingerprint density at radius 1 is 1.06 bits per heavy atom. The first-order chi connectivity index (χ1) is 16.9. The Kier molecular flexibility index (Phi) is 7.41. The third-order valence-corrected chi connectivity index (χ3v) is 5.25. The topological polar surface area (TPSA) is 102 Å². The van der Waals surface area contributed by atoms with Gasteiger partial charge in [0.15, 0.2) is 23.9 Å². The van der Waals surface area contributed by atoms with Crippen LogP contribution in [-0.2, 0) is 4.79 Å². The maximum Gasteiger partial charge on any atom is 0.307 e. The molecular formula is C25H19BrFN3O5. The summed E-state index contributed by atoms with van der Waals surface area (Å²) in [5.41, 5.74) is 4.09. The van der Waals surface area contributed by atoms with Crippen LogP contribution in [0.2, 0.25) is 0 Å². The predicted molar refractivity (Wildman–Crippen MR) is 132 cm³/mol. The van der Waals surface area contributed by atoms with Crippen molar-refractivity contribution in [2.75, 3.05) is 19.0 Å². The van der Waals surface area contributed by atoms with E-state index in [1.807, 2.05) is 12.1 Å². The van der Waals surface area contributed by atoms with Crippen molar-refractivity contribution >= 4 is 50.6 Å². The molecule has 2 N–H and O–H groups in total. The zero-order chi connectivity index (χ0) is 24.8. The quantitative estimate of drug-likeness (QED) is 0.239. The standard InChI is InChI=1S/C25H19BrFN3O5/c1-33-22-10-15(2-8-21(22)34-14-24(31)29-19-6-4-18(27)5-7-19)13-28-30-25(32)23-12-16-11-17(26)3-9-20(16)35-23/h2-13H,14H2,1H3,(H,29,31)(H,30,32)/b28-13+. The van der Waals surface area contributed by atoms with E-state index in [4.69, 9.17) is 13.9 Å². The second-order valence-electron chi connectivity index (χ2n) is 7.25. The molecule has 10 heteroatoms. The average Bonchev–Trinajstić information content (AvgIpc) is 3.28. The van der Waals surface area contributed by atoms with Crippen LogP contribution in [0.3, 0.4) is 0 Å². The summed E-state index contributed by atoms with van der Waals surface area (Å²) in [5, 5.41) is 7.36. The number of halogens is 2. The van der Waals surface area contributed by atoms with Gasteiger partial charge in [0, 0.05) is 15.5 Å². The van der Waals surface area contributed by atoms with Gasteiger partial charge in [-0.1, -0.05) is 15.9 Å². The average molecular weight is 540 g/mol. The Bertz CT molecular complexity index is 1400. The highest BCUT2D eigenvalue weighted by molar-refractivity contribution is 9.10. The number of anilines is 1. The summed E-state index contributed by atoms with van der Waals surface area (Å²) < 4.78 is 30.2. The first kappa shape index (κ1) is 24.0. The van der Waals surface area contributed by atoms with E-state index in [0.717, 1.165) is 9.86 Å². The Morgan fingerprint density at radius 3 is 2.63 bits per heavy atom. The summed E-state index contributed by atoms with van der Waals surface area (Å²) in [5.74, 6) is -0.447. The van der Waals surface area contributed by atoms with Crippen LogP contribution in [0, 0.1) is 5.82 Å². The predicted octanol–water partition coefficient (Wildman–Crippen LogP) is 5.12. The summed E-state index contributed by atoms with van der Waals surface area (Å²) in [4.78, 5) is 24.4. The molecule has 0 atom stereocenters. The van der Waals surface area contributed by atoms with Crippen LogP contribution in [0.1, 0.15) is 16.1 Å². The number of nitrogens with one attached hydrogen (secondary N) is 2. The van der Waals surface area contributed by atoms with E-state index in [1.165, 1.54) is 37.6 Å². The van der Waals surface area contributed by atoms with Gasteiger partial charge in [-0.3, -0.25) is 9.59 Å². The van der Waals surface area contributed by atoms with Crippen molar-refractivity contribution < 1.29 is 27.9 Å². The van der Waals surface area contributed by atoms with Gasteiger partial charge in [-0.15, -0.1) is 0 Å². The zero-order valence-electron chi connectivity index (χ0n) is 18.4. The number of rotatable bonds is 8. The van der Waals surface area contributed by atoms with Crippen LogP contribution in [0.4, 0.5) is 10.1 Å². The molecule has 3 aromatic carbocycles. The third-order valence-electron chi connectivity index (χ3n) is 4.76. The Morgan fingerprint density at radius 2 is 1.86 bits per heavy atom. The van der Waals surface area contributed by atoms with Gasteiger partial charge < -0.3 is 19.2 Å². The highest BCUT2D eigenvalue weighted by atomic mass is 79.9. The van der Waals surface area contributed by atoms with Crippen LogP contribution >= 0.6 is 15.9 Å². The molecule has 0 aliphatic heterocycles. The van der Waals surface area contributed by atoms with Gasteiger partial charge in [0.05, 0.1) is 13.3 Å². The minimum atomic E-state index is -0.493. The van der Waals surface area contributed by atoms with Crippen molar-refractivity contribution in [2.24, 2.45) is 5.10 Å². The molecule has 8 nitrogen and oxygen atoms in total. The summed E-state index contributed by atoms with van der Waals surface area (Å²) in [6.45, 7) is -0.273. The summed E-state index contributed by atoms with van der Waals surface area (Å²) in [6.07, 6.45) is 1.44. The third kappa shape index (κ3) is 6.24. The van der Waals surface area contributed by atoms with Crippen LogP contribution < -0.4 is 20.2 Å². The lowest BCUT2D eigenvalue weighted by Gasteiger charge is -2.11. The van der Waals surface area contributed by atoms with Crippen molar-refractivity contribution in [3.8, 4) is 11.5 Å². The largest absolute Gasteiger partial charge is 0.493 e. The Labute approximate surface area is 207 Å². The fourth-order valence-electron chi connectivity index (χ4n) is 3.10. The van der Waals surface area contributed by atoms with E-state index in [-0.39, 0.29) is 12.4 Å². The molecule has 0 saturated carbocycles. The number of amides is 2. The van der Waals surface area contributed by atoms with Crippen LogP contribution in [0.25, 0.3) is 11.0 Å². The van der Waals surface area contributed by atoms with Crippen molar-refractivity contribution in [3.05, 3.63) is 88.3 Å². The minimum Gasteiger partial charge on any atom is -0.493 e. The van der Waals surface area contributed by atoms with E-state index in [2.05, 4.69) is 31.8 Å². The lowest BCUT2D eigenvalue weighted by Crippen LogP contribution is -2.20. The highest BCUT2D eigenvalue weighted by Gasteiger charge is 2.12. The number of hydrogen-bond donors (Lipinski definition) is 2. The number of hydrogen-bond acceptors (Lipinski definition) is 6. The summed E-state index contributed by atoms with van der Waals surface area (Å²) in [6, 6.07) is 17.4. The van der Waals surface area contributed by atoms with Crippen molar-refractivity contribution in [1.29, 1.82) is 0 Å². The van der Waals surface area contributed by atoms with E-state index in [1.54, 1.807) is 30.3 Å². The molecule has 0 unspecified atom stereocenters. The molecular weight excluding hydrogens is 521 g/mol. The molecule has 178 valence electrons. The van der Waals surface area contributed by atoms with Crippen molar-refractivity contribution in [3.63, 3.8) is 0 Å². The minimum absolute atomic E-state index is 0.135. The van der Waals surface area contributed by atoms with Crippen molar-refractivity contribution in [2.45, 2.75) is 0 Å². The number of furan rings is 1. The number of nitrogens with zero attached hydrogens (tertiary/aromatic N) is 1. The van der Waals surface area contributed by atoms with Gasteiger partial charge in [0.25, 0.3) is 5.91 Å². The molecule has 0 fully saturated rings. The van der Waals surface area contributed by atoms with Gasteiger partial charge in [-0.25, -0.2) is 9.82 Å². The van der Waals surface area contributed by atoms with Crippen LogP contribution in [-0.4, -0.2) is 31.7 Å². The van der Waals surface area contributed by atoms with E-state index in [9.17, 15) is 14.0 Å². The molecule has 0 spiro atoms. The summed E-state index contributed by atoms with van der Waals surface area (Å²) >= 11 is 3.38. The number of carbonyl (C=O) groups is 2. The van der Waals surface area contributed by atoms with Gasteiger partial charge in [-0.2, -0.15) is 5.10 Å². The molecule has 4 rings (SSSR count). The SMILES string of the molecule is COc1cc(/C=N/NC(=O)c2cc3cc(Br)ccc3o2)ccc1OCC(=O)Nc1ccc(F)cc1. The maximum atomic E-state index is 13.0. The molecule has 1 aromatic heterocycles. The first-order valence-electron chi connectivity index (χ1n) is 10.3. The first-order valence-corrected chi connectivity index (χ1v) is 11.1. The fourth-order valence-corrected chi connectivity index (χ4v) is 3.48. The normalized spacial score (nSPS) is 10.9. The molecule has 35 heavy (non-hydrogen) atoms. The number of ether oxygens (including phenoxy) is 2. The van der Waals surface area contributed by atoms with Crippen LogP contribution in [0.15, 0.2) is 80.7 Å². The molecule has 0 radical (unpaired) electrons. The van der Waals surface area contributed by atoms with Gasteiger partial charge >= 0.3 is 5.91 Å². The molecule has 4 aromatic rings. The number of carbonyl (C=O) groups excluding carboxylic acids is 2. The molecule has 0 saturated heterocycles. The molecule has 2 amide bonds. The smallest absolute Gasteiger partial charge is 0.307 e. The fraction of sp³-hybridized carbons (Fsp3) is 0.0800. The van der Waals surface area contributed by atoms with Gasteiger partial charge in [-0.05, 0) is 72.3 Å². The molecule has 0 aliphatic rings. The summed E-state index contributed by atoms with van der Waals surface area (Å²) in [7, 11) is 1.46. The van der Waals surface area contributed by atoms with E-state index < -0.39 is 17.6 Å². The van der Waals surface area contributed by atoms with Gasteiger partial charge in [0.1, 0.15) is 11.4 Å². The molecule has 0 aliphatic carbocycles. The highest BCUT2D eigenvalue weighted by Crippen LogP contribution is 2.28. The molecule has 0 bridgehead atoms. The Hall–Kier alpha value is -4.18. The number of methoxy groups -OCH3 is 1. The maximum absolute atomic E-state index is 13.0. The second kappa shape index (κ2) is 10.8. The molecule has 1 heterocycles. The Balaban J connectivity index is 1.34. The lowest BCUT2D eigenvalue weighted by atomic mass is 10.2. The van der Waals surface area contributed by atoms with Gasteiger partial charge in [0.2, 0.25) is 0 Å². The zero-order valence-corrected chi connectivity index (χ0v) is 20.0. The second-order valence-corrected chi connectivity index (χ2v) is 8.16. The number of hydrazone groups is 1. The van der Waals surface area contributed by atoms with Crippen LogP contribution in [0.5, 0.6) is 11.5 Å². The number of benzene rings is 3. The number of fused-ring (bicyclic) bond motifs is 1. The van der Waals surface area contributed by atoms with E-state index in [0.29, 0.717) is 28.3 Å². The lowest BCUT2D eigenvalue weighted by molar-refractivity contribution is -0.118.